The van der Waals surface area contributed by atoms with Crippen molar-refractivity contribution in [2.75, 3.05) is 16.3 Å². The van der Waals surface area contributed by atoms with Crippen molar-refractivity contribution in [2.45, 2.75) is 19.9 Å². The van der Waals surface area contributed by atoms with E-state index in [1.54, 1.807) is 36.4 Å². The van der Waals surface area contributed by atoms with Crippen molar-refractivity contribution in [3.63, 3.8) is 0 Å². The molecule has 0 spiro atoms. The lowest BCUT2D eigenvalue weighted by Crippen LogP contribution is -2.47. The van der Waals surface area contributed by atoms with E-state index >= 15 is 0 Å². The standard InChI is InChI=1S/C19H22ClN3O4S/c1-12(2)17(22-18(24)13-4-6-14(20)7-5-13)19(25)21-15-8-10-16(11-9-15)23-28(3,26)27/h4-12,17,23H,1-3H3,(H,21,25)(H,22,24). The molecule has 0 aromatic heterocycles. The topological polar surface area (TPSA) is 104 Å². The molecule has 1 atom stereocenters. The fraction of sp³-hybridized carbons (Fsp3) is 0.263. The monoisotopic (exact) mass is 423 g/mol. The number of carbonyl (C=O) groups is 2. The molecule has 0 aliphatic rings. The summed E-state index contributed by atoms with van der Waals surface area (Å²) >= 11 is 5.83. The van der Waals surface area contributed by atoms with Crippen LogP contribution < -0.4 is 15.4 Å². The van der Waals surface area contributed by atoms with Gasteiger partial charge in [0.2, 0.25) is 15.9 Å². The molecular formula is C19H22ClN3O4S. The van der Waals surface area contributed by atoms with Crippen LogP contribution in [-0.4, -0.2) is 32.5 Å². The summed E-state index contributed by atoms with van der Waals surface area (Å²) in [5.74, 6) is -0.901. The van der Waals surface area contributed by atoms with Crippen molar-refractivity contribution in [3.05, 3.63) is 59.1 Å². The lowest BCUT2D eigenvalue weighted by molar-refractivity contribution is -0.118. The number of carbonyl (C=O) groups excluding carboxylic acids is 2. The van der Waals surface area contributed by atoms with E-state index in [1.165, 1.54) is 12.1 Å². The average molecular weight is 424 g/mol. The highest BCUT2D eigenvalue weighted by Crippen LogP contribution is 2.16. The van der Waals surface area contributed by atoms with Gasteiger partial charge >= 0.3 is 0 Å². The molecule has 0 aliphatic carbocycles. The first-order chi connectivity index (χ1) is 13.0. The summed E-state index contributed by atoms with van der Waals surface area (Å²) in [6.45, 7) is 3.65. The third-order valence-corrected chi connectivity index (χ3v) is 4.66. The molecule has 3 N–H and O–H groups in total. The maximum atomic E-state index is 12.6. The Morgan fingerprint density at radius 3 is 1.96 bits per heavy atom. The van der Waals surface area contributed by atoms with Crippen LogP contribution in [0.3, 0.4) is 0 Å². The molecule has 1 unspecified atom stereocenters. The highest BCUT2D eigenvalue weighted by atomic mass is 35.5. The Labute approximate surface area is 169 Å². The second kappa shape index (κ2) is 9.07. The Morgan fingerprint density at radius 1 is 0.929 bits per heavy atom. The molecule has 0 bridgehead atoms. The number of nitrogens with one attached hydrogen (secondary N) is 3. The zero-order chi connectivity index (χ0) is 20.9. The minimum Gasteiger partial charge on any atom is -0.340 e. The molecule has 0 aliphatic heterocycles. The number of hydrogen-bond donors (Lipinski definition) is 3. The number of hydrogen-bond acceptors (Lipinski definition) is 4. The van der Waals surface area contributed by atoms with E-state index in [4.69, 9.17) is 11.6 Å². The zero-order valence-electron chi connectivity index (χ0n) is 15.7. The van der Waals surface area contributed by atoms with Gasteiger partial charge in [-0.15, -0.1) is 0 Å². The highest BCUT2D eigenvalue weighted by molar-refractivity contribution is 7.92. The Balaban J connectivity index is 2.06. The molecule has 2 aromatic rings. The van der Waals surface area contributed by atoms with Crippen molar-refractivity contribution < 1.29 is 18.0 Å². The van der Waals surface area contributed by atoms with Gasteiger partial charge in [0.05, 0.1) is 6.26 Å². The summed E-state index contributed by atoms with van der Waals surface area (Å²) in [7, 11) is -3.37. The molecule has 7 nitrogen and oxygen atoms in total. The maximum Gasteiger partial charge on any atom is 0.251 e. The smallest absolute Gasteiger partial charge is 0.251 e. The Hall–Kier alpha value is -2.58. The molecule has 2 rings (SSSR count). The molecule has 0 fully saturated rings. The van der Waals surface area contributed by atoms with Crippen molar-refractivity contribution in [1.82, 2.24) is 5.32 Å². The van der Waals surface area contributed by atoms with Gasteiger partial charge in [0.15, 0.2) is 0 Å². The molecule has 0 heterocycles. The van der Waals surface area contributed by atoms with Crippen LogP contribution in [0.5, 0.6) is 0 Å². The van der Waals surface area contributed by atoms with Crippen LogP contribution in [-0.2, 0) is 14.8 Å². The molecule has 9 heteroatoms. The minimum atomic E-state index is -3.37. The molecule has 28 heavy (non-hydrogen) atoms. The lowest BCUT2D eigenvalue weighted by atomic mass is 10.0. The van der Waals surface area contributed by atoms with E-state index in [2.05, 4.69) is 15.4 Å². The van der Waals surface area contributed by atoms with Gasteiger partial charge in [0.25, 0.3) is 5.91 Å². The molecule has 150 valence electrons. The van der Waals surface area contributed by atoms with E-state index in [0.717, 1.165) is 6.26 Å². The van der Waals surface area contributed by atoms with Gasteiger partial charge in [0.1, 0.15) is 6.04 Å². The molecule has 0 saturated carbocycles. The number of anilines is 2. The van der Waals surface area contributed by atoms with E-state index in [9.17, 15) is 18.0 Å². The summed E-state index contributed by atoms with van der Waals surface area (Å²) in [5.41, 5.74) is 1.27. The molecule has 0 radical (unpaired) electrons. The molecule has 0 saturated heterocycles. The Morgan fingerprint density at radius 2 is 1.46 bits per heavy atom. The van der Waals surface area contributed by atoms with Crippen LogP contribution in [0, 0.1) is 5.92 Å². The van der Waals surface area contributed by atoms with Gasteiger partial charge in [-0.2, -0.15) is 0 Å². The zero-order valence-corrected chi connectivity index (χ0v) is 17.3. The maximum absolute atomic E-state index is 12.6. The number of halogens is 1. The van der Waals surface area contributed by atoms with Gasteiger partial charge < -0.3 is 10.6 Å². The largest absolute Gasteiger partial charge is 0.340 e. The average Bonchev–Trinajstić information content (AvgIpc) is 2.60. The predicted octanol–water partition coefficient (Wildman–Crippen LogP) is 3.10. The normalized spacial score (nSPS) is 12.3. The van der Waals surface area contributed by atoms with Crippen LogP contribution in [0.4, 0.5) is 11.4 Å². The summed E-state index contributed by atoms with van der Waals surface area (Å²) in [4.78, 5) is 25.0. The van der Waals surface area contributed by atoms with Gasteiger partial charge in [0, 0.05) is 22.0 Å². The number of rotatable bonds is 7. The van der Waals surface area contributed by atoms with Crippen molar-refractivity contribution in [3.8, 4) is 0 Å². The van der Waals surface area contributed by atoms with Crippen LogP contribution in [0.25, 0.3) is 0 Å². The first-order valence-electron chi connectivity index (χ1n) is 8.50. The number of sulfonamides is 1. The van der Waals surface area contributed by atoms with Crippen LogP contribution in [0.15, 0.2) is 48.5 Å². The van der Waals surface area contributed by atoms with Crippen molar-refractivity contribution >= 4 is 44.8 Å². The van der Waals surface area contributed by atoms with Crippen LogP contribution >= 0.6 is 11.6 Å². The van der Waals surface area contributed by atoms with Gasteiger partial charge in [-0.1, -0.05) is 25.4 Å². The van der Waals surface area contributed by atoms with E-state index in [0.29, 0.717) is 22.0 Å². The quantitative estimate of drug-likeness (QED) is 0.636. The van der Waals surface area contributed by atoms with Crippen molar-refractivity contribution in [1.29, 1.82) is 0 Å². The SMILES string of the molecule is CC(C)C(NC(=O)c1ccc(Cl)cc1)C(=O)Nc1ccc(NS(C)(=O)=O)cc1. The van der Waals surface area contributed by atoms with E-state index in [1.807, 2.05) is 13.8 Å². The predicted molar refractivity (Wildman–Crippen MR) is 111 cm³/mol. The lowest BCUT2D eigenvalue weighted by Gasteiger charge is -2.22. The fourth-order valence-corrected chi connectivity index (χ4v) is 3.11. The molecule has 2 amide bonds. The van der Waals surface area contributed by atoms with Crippen LogP contribution in [0.2, 0.25) is 5.02 Å². The minimum absolute atomic E-state index is 0.151. The number of benzene rings is 2. The summed E-state index contributed by atoms with van der Waals surface area (Å²) in [6, 6.07) is 11.8. The Bertz CT molecular complexity index is 942. The van der Waals surface area contributed by atoms with Gasteiger partial charge in [-0.25, -0.2) is 8.42 Å². The van der Waals surface area contributed by atoms with Gasteiger partial charge in [-0.3, -0.25) is 14.3 Å². The molecular weight excluding hydrogens is 402 g/mol. The third kappa shape index (κ3) is 6.54. The van der Waals surface area contributed by atoms with Crippen LogP contribution in [0.1, 0.15) is 24.2 Å². The van der Waals surface area contributed by atoms with Gasteiger partial charge in [-0.05, 0) is 54.4 Å². The highest BCUT2D eigenvalue weighted by Gasteiger charge is 2.24. The summed E-state index contributed by atoms with van der Waals surface area (Å²) in [6.07, 6.45) is 1.05. The number of amides is 2. The fourth-order valence-electron chi connectivity index (χ4n) is 2.42. The first-order valence-corrected chi connectivity index (χ1v) is 10.8. The summed E-state index contributed by atoms with van der Waals surface area (Å²) < 4.78 is 24.8. The van der Waals surface area contributed by atoms with E-state index in [-0.39, 0.29) is 17.7 Å². The molecule has 2 aromatic carbocycles. The first kappa shape index (κ1) is 21.7. The third-order valence-electron chi connectivity index (χ3n) is 3.80. The second-order valence-electron chi connectivity index (χ2n) is 6.64. The van der Waals surface area contributed by atoms with E-state index < -0.39 is 16.1 Å². The Kier molecular flexibility index (Phi) is 7.04. The second-order valence-corrected chi connectivity index (χ2v) is 8.83. The van der Waals surface area contributed by atoms with Crippen molar-refractivity contribution in [2.24, 2.45) is 5.92 Å². The summed E-state index contributed by atoms with van der Waals surface area (Å²) in [5, 5.41) is 5.97.